The third-order valence-electron chi connectivity index (χ3n) is 2.92. The van der Waals surface area contributed by atoms with Crippen LogP contribution in [0.2, 0.25) is 0 Å². The summed E-state index contributed by atoms with van der Waals surface area (Å²) in [5.41, 5.74) is 2.54. The molecular weight excluding hydrogens is 268 g/mol. The molecule has 0 unspecified atom stereocenters. The predicted molar refractivity (Wildman–Crippen MR) is 85.9 cm³/mol. The van der Waals surface area contributed by atoms with Crippen LogP contribution in [0.1, 0.15) is 52.4 Å². The molecule has 0 heterocycles. The van der Waals surface area contributed by atoms with Crippen molar-refractivity contribution in [1.29, 1.82) is 0 Å². The fourth-order valence-electron chi connectivity index (χ4n) is 1.71. The molecule has 4 amide bonds. The van der Waals surface area contributed by atoms with Gasteiger partial charge in [-0.1, -0.05) is 45.6 Å². The molecule has 0 radical (unpaired) electrons. The molecule has 0 aliphatic carbocycles. The highest BCUT2D eigenvalue weighted by atomic mass is 16.2. The molecule has 0 rings (SSSR count). The highest BCUT2D eigenvalue weighted by Gasteiger charge is 2.13. The number of hydrogen-bond acceptors (Lipinski definition) is 2. The van der Waals surface area contributed by atoms with Crippen LogP contribution < -0.4 is 16.1 Å². The summed E-state index contributed by atoms with van der Waals surface area (Å²) in [6.07, 6.45) is 7.81. The summed E-state index contributed by atoms with van der Waals surface area (Å²) in [5, 5.41) is 6.74. The smallest absolute Gasteiger partial charge is 0.336 e. The van der Waals surface area contributed by atoms with Gasteiger partial charge < -0.3 is 10.6 Å². The first kappa shape index (κ1) is 19.3. The van der Waals surface area contributed by atoms with Gasteiger partial charge in [-0.15, -0.1) is 6.58 Å². The molecule has 0 bridgehead atoms. The molecule has 0 aromatic heterocycles. The molecule has 122 valence electrons. The largest absolute Gasteiger partial charge is 0.337 e. The van der Waals surface area contributed by atoms with Gasteiger partial charge in [0.15, 0.2) is 0 Å². The third-order valence-corrected chi connectivity index (χ3v) is 2.92. The molecule has 0 spiro atoms. The Labute approximate surface area is 128 Å². The molecule has 0 atom stereocenters. The highest BCUT2D eigenvalue weighted by molar-refractivity contribution is 5.80. The maximum absolute atomic E-state index is 11.9. The van der Waals surface area contributed by atoms with Crippen LogP contribution in [-0.2, 0) is 0 Å². The Morgan fingerprint density at radius 3 is 2.10 bits per heavy atom. The molecule has 0 aliphatic heterocycles. The van der Waals surface area contributed by atoms with Crippen LogP contribution in [0.25, 0.3) is 0 Å². The molecule has 0 aromatic carbocycles. The van der Waals surface area contributed by atoms with Crippen LogP contribution in [0, 0.1) is 0 Å². The Bertz CT molecular complexity index is 308. The van der Waals surface area contributed by atoms with Crippen LogP contribution in [0.5, 0.6) is 0 Å². The van der Waals surface area contributed by atoms with E-state index < -0.39 is 0 Å². The lowest BCUT2D eigenvalue weighted by Gasteiger charge is -2.22. The SMILES string of the molecule is C=CCN(NC(=O)NCCCCC)C(=O)NCCCCC. The van der Waals surface area contributed by atoms with Crippen molar-refractivity contribution < 1.29 is 9.59 Å². The highest BCUT2D eigenvalue weighted by Crippen LogP contribution is 1.93. The van der Waals surface area contributed by atoms with E-state index in [4.69, 9.17) is 0 Å². The lowest BCUT2D eigenvalue weighted by molar-refractivity contribution is 0.173. The van der Waals surface area contributed by atoms with Gasteiger partial charge in [0.1, 0.15) is 0 Å². The second kappa shape index (κ2) is 13.3. The summed E-state index contributed by atoms with van der Waals surface area (Å²) in [6, 6.07) is -0.675. The third kappa shape index (κ3) is 10.7. The van der Waals surface area contributed by atoms with Gasteiger partial charge in [0.05, 0.1) is 6.54 Å². The Kier molecular flexibility index (Phi) is 12.2. The van der Waals surface area contributed by atoms with Gasteiger partial charge in [0.2, 0.25) is 0 Å². The first-order valence-corrected chi connectivity index (χ1v) is 7.86. The first-order chi connectivity index (χ1) is 10.2. The fraction of sp³-hybridized carbons (Fsp3) is 0.733. The van der Waals surface area contributed by atoms with Gasteiger partial charge in [-0.3, -0.25) is 0 Å². The number of urea groups is 2. The second-order valence-corrected chi connectivity index (χ2v) is 4.91. The number of nitrogens with zero attached hydrogens (tertiary/aromatic N) is 1. The molecule has 0 fully saturated rings. The average Bonchev–Trinajstić information content (AvgIpc) is 2.47. The number of amides is 4. The van der Waals surface area contributed by atoms with Crippen molar-refractivity contribution in [1.82, 2.24) is 21.1 Å². The van der Waals surface area contributed by atoms with Crippen molar-refractivity contribution in [3.63, 3.8) is 0 Å². The van der Waals surface area contributed by atoms with Crippen LogP contribution in [0.3, 0.4) is 0 Å². The second-order valence-electron chi connectivity index (χ2n) is 4.91. The number of nitrogens with one attached hydrogen (secondary N) is 3. The number of rotatable bonds is 10. The minimum Gasteiger partial charge on any atom is -0.337 e. The zero-order chi connectivity index (χ0) is 15.9. The standard InChI is InChI=1S/C15H30N4O2/c1-4-7-9-11-16-14(20)18-19(13-6-3)15(21)17-12-10-8-5-2/h6H,3-5,7-13H2,1-2H3,(H,17,21)(H2,16,18,20). The number of hydrogen-bond donors (Lipinski definition) is 3. The molecule has 0 aromatic rings. The van der Waals surface area contributed by atoms with E-state index in [-0.39, 0.29) is 18.6 Å². The van der Waals surface area contributed by atoms with Crippen LogP contribution in [0.15, 0.2) is 12.7 Å². The van der Waals surface area contributed by atoms with Crippen molar-refractivity contribution in [2.75, 3.05) is 19.6 Å². The van der Waals surface area contributed by atoms with Crippen molar-refractivity contribution in [2.45, 2.75) is 52.4 Å². The zero-order valence-corrected chi connectivity index (χ0v) is 13.4. The summed E-state index contributed by atoms with van der Waals surface area (Å²) in [7, 11) is 0. The summed E-state index contributed by atoms with van der Waals surface area (Å²) in [6.45, 7) is 9.29. The van der Waals surface area contributed by atoms with Crippen molar-refractivity contribution in [3.05, 3.63) is 12.7 Å². The molecule has 21 heavy (non-hydrogen) atoms. The molecular formula is C15H30N4O2. The maximum Gasteiger partial charge on any atom is 0.336 e. The van der Waals surface area contributed by atoms with E-state index in [0.29, 0.717) is 13.1 Å². The molecule has 0 saturated carbocycles. The molecule has 6 nitrogen and oxygen atoms in total. The normalized spacial score (nSPS) is 9.81. The molecule has 3 N–H and O–H groups in total. The minimum atomic E-state index is -0.364. The monoisotopic (exact) mass is 298 g/mol. The topological polar surface area (TPSA) is 73.5 Å². The maximum atomic E-state index is 11.9. The Morgan fingerprint density at radius 2 is 1.57 bits per heavy atom. The van der Waals surface area contributed by atoms with Gasteiger partial charge in [-0.05, 0) is 12.8 Å². The number of hydrazine groups is 1. The number of carbonyl (C=O) groups excluding carboxylic acids is 2. The predicted octanol–water partition coefficient (Wildman–Crippen LogP) is 2.78. The fourth-order valence-corrected chi connectivity index (χ4v) is 1.71. The van der Waals surface area contributed by atoms with Gasteiger partial charge in [0, 0.05) is 13.1 Å². The van der Waals surface area contributed by atoms with Crippen LogP contribution in [-0.4, -0.2) is 36.7 Å². The van der Waals surface area contributed by atoms with E-state index in [9.17, 15) is 9.59 Å². The van der Waals surface area contributed by atoms with Crippen LogP contribution >= 0.6 is 0 Å². The van der Waals surface area contributed by atoms with E-state index >= 15 is 0 Å². The van der Waals surface area contributed by atoms with Crippen molar-refractivity contribution >= 4 is 12.1 Å². The molecule has 6 heteroatoms. The summed E-state index contributed by atoms with van der Waals surface area (Å²) in [5.74, 6) is 0. The van der Waals surface area contributed by atoms with Crippen molar-refractivity contribution in [2.24, 2.45) is 0 Å². The van der Waals surface area contributed by atoms with E-state index in [1.807, 2.05) is 0 Å². The quantitative estimate of drug-likeness (QED) is 0.329. The number of unbranched alkanes of at least 4 members (excludes halogenated alkanes) is 4. The van der Waals surface area contributed by atoms with Gasteiger partial charge in [-0.2, -0.15) is 0 Å². The number of carbonyl (C=O) groups is 2. The van der Waals surface area contributed by atoms with Gasteiger partial charge in [-0.25, -0.2) is 20.0 Å². The lowest BCUT2D eigenvalue weighted by atomic mass is 10.2. The van der Waals surface area contributed by atoms with Crippen LogP contribution in [0.4, 0.5) is 9.59 Å². The Morgan fingerprint density at radius 1 is 1.00 bits per heavy atom. The summed E-state index contributed by atoms with van der Waals surface area (Å²) >= 11 is 0. The Hall–Kier alpha value is -1.72. The van der Waals surface area contributed by atoms with E-state index in [1.165, 1.54) is 5.01 Å². The first-order valence-electron chi connectivity index (χ1n) is 7.86. The summed E-state index contributed by atoms with van der Waals surface area (Å²) < 4.78 is 0. The van der Waals surface area contributed by atoms with Crippen molar-refractivity contribution in [3.8, 4) is 0 Å². The van der Waals surface area contributed by atoms with Gasteiger partial charge >= 0.3 is 12.1 Å². The summed E-state index contributed by atoms with van der Waals surface area (Å²) in [4.78, 5) is 23.6. The van der Waals surface area contributed by atoms with E-state index in [2.05, 4.69) is 36.5 Å². The zero-order valence-electron chi connectivity index (χ0n) is 13.4. The average molecular weight is 298 g/mol. The van der Waals surface area contributed by atoms with E-state index in [1.54, 1.807) is 6.08 Å². The molecule has 0 aliphatic rings. The lowest BCUT2D eigenvalue weighted by Crippen LogP contribution is -2.53. The minimum absolute atomic E-state index is 0.266. The van der Waals surface area contributed by atoms with Gasteiger partial charge in [0.25, 0.3) is 0 Å². The molecule has 0 saturated heterocycles. The van der Waals surface area contributed by atoms with E-state index in [0.717, 1.165) is 38.5 Å². The Balaban J connectivity index is 4.05.